The van der Waals surface area contributed by atoms with Crippen molar-refractivity contribution in [3.8, 4) is 16.9 Å². The minimum absolute atomic E-state index is 0.406. The van der Waals surface area contributed by atoms with Gasteiger partial charge in [-0.15, -0.1) is 0 Å². The van der Waals surface area contributed by atoms with E-state index in [1.165, 1.54) is 23.1 Å². The summed E-state index contributed by atoms with van der Waals surface area (Å²) in [6.45, 7) is 3.38. The van der Waals surface area contributed by atoms with E-state index in [1.54, 1.807) is 7.11 Å². The molecule has 2 aromatic rings. The molecule has 1 saturated heterocycles. The Hall–Kier alpha value is -1.80. The third kappa shape index (κ3) is 2.56. The zero-order chi connectivity index (χ0) is 13.9. The molecule has 3 rings (SSSR count). The average molecular weight is 267 g/mol. The van der Waals surface area contributed by atoms with Gasteiger partial charge in [-0.25, -0.2) is 0 Å². The van der Waals surface area contributed by atoms with Crippen molar-refractivity contribution in [2.45, 2.75) is 19.4 Å². The molecule has 20 heavy (non-hydrogen) atoms. The van der Waals surface area contributed by atoms with Gasteiger partial charge in [-0.1, -0.05) is 43.3 Å². The molecule has 0 bridgehead atoms. The Kier molecular flexibility index (Phi) is 3.75. The summed E-state index contributed by atoms with van der Waals surface area (Å²) in [5, 5.41) is 3.60. The fourth-order valence-electron chi connectivity index (χ4n) is 2.97. The van der Waals surface area contributed by atoms with Gasteiger partial charge in [-0.05, 0) is 42.1 Å². The van der Waals surface area contributed by atoms with Gasteiger partial charge in [0, 0.05) is 11.6 Å². The third-order valence-electron chi connectivity index (χ3n) is 4.06. The van der Waals surface area contributed by atoms with Crippen LogP contribution in [0.3, 0.4) is 0 Å². The maximum absolute atomic E-state index is 5.54. The lowest BCUT2D eigenvalue weighted by Gasteiger charge is -2.17. The normalized spacial score (nSPS) is 21.9. The van der Waals surface area contributed by atoms with Gasteiger partial charge in [0.25, 0.3) is 0 Å². The highest BCUT2D eigenvalue weighted by Gasteiger charge is 2.24. The highest BCUT2D eigenvalue weighted by atomic mass is 16.5. The Morgan fingerprint density at radius 1 is 1.05 bits per heavy atom. The van der Waals surface area contributed by atoms with Crippen LogP contribution in [-0.4, -0.2) is 13.7 Å². The maximum atomic E-state index is 5.54. The molecule has 2 atom stereocenters. The summed E-state index contributed by atoms with van der Waals surface area (Å²) in [6.07, 6.45) is 1.18. The second kappa shape index (κ2) is 5.68. The molecule has 0 saturated carbocycles. The Balaban J connectivity index is 1.99. The van der Waals surface area contributed by atoms with Crippen LogP contribution in [0.25, 0.3) is 11.1 Å². The summed E-state index contributed by atoms with van der Waals surface area (Å²) in [6, 6.07) is 17.4. The van der Waals surface area contributed by atoms with Crippen molar-refractivity contribution in [1.82, 2.24) is 5.32 Å². The summed E-state index contributed by atoms with van der Waals surface area (Å²) in [5.74, 6) is 1.71. The molecule has 1 heterocycles. The number of ether oxygens (including phenoxy) is 1. The summed E-state index contributed by atoms with van der Waals surface area (Å²) >= 11 is 0. The molecule has 0 aliphatic carbocycles. The number of hydrogen-bond donors (Lipinski definition) is 1. The first kappa shape index (κ1) is 13.2. The van der Waals surface area contributed by atoms with Gasteiger partial charge in [0.15, 0.2) is 0 Å². The molecule has 1 aliphatic heterocycles. The van der Waals surface area contributed by atoms with E-state index in [0.29, 0.717) is 6.04 Å². The number of nitrogens with one attached hydrogen (secondary N) is 1. The molecule has 0 aromatic heterocycles. The molecule has 1 aliphatic rings. The predicted octanol–water partition coefficient (Wildman–Crippen LogP) is 4.03. The van der Waals surface area contributed by atoms with E-state index in [9.17, 15) is 0 Å². The van der Waals surface area contributed by atoms with Crippen LogP contribution in [0.4, 0.5) is 0 Å². The van der Waals surface area contributed by atoms with Crippen molar-refractivity contribution in [2.24, 2.45) is 5.92 Å². The first-order chi connectivity index (χ1) is 9.78. The van der Waals surface area contributed by atoms with Gasteiger partial charge < -0.3 is 10.1 Å². The number of benzene rings is 2. The van der Waals surface area contributed by atoms with Gasteiger partial charge in [0.1, 0.15) is 5.75 Å². The Morgan fingerprint density at radius 3 is 2.50 bits per heavy atom. The average Bonchev–Trinajstić information content (AvgIpc) is 2.94. The van der Waals surface area contributed by atoms with E-state index in [4.69, 9.17) is 4.74 Å². The quantitative estimate of drug-likeness (QED) is 0.906. The predicted molar refractivity (Wildman–Crippen MR) is 83.0 cm³/mol. The third-order valence-corrected chi connectivity index (χ3v) is 4.06. The van der Waals surface area contributed by atoms with Gasteiger partial charge in [0.05, 0.1) is 7.11 Å². The van der Waals surface area contributed by atoms with E-state index >= 15 is 0 Å². The smallest absolute Gasteiger partial charge is 0.123 e. The molecule has 2 unspecified atom stereocenters. The molecule has 0 radical (unpaired) electrons. The van der Waals surface area contributed by atoms with Crippen molar-refractivity contribution in [2.75, 3.05) is 13.7 Å². The van der Waals surface area contributed by atoms with Crippen molar-refractivity contribution in [1.29, 1.82) is 0 Å². The Morgan fingerprint density at radius 2 is 1.85 bits per heavy atom. The SMILES string of the molecule is COc1ccc(-c2ccccc2)cc1C1CC(C)CN1. The molecule has 2 heteroatoms. The molecule has 2 aromatic carbocycles. The van der Waals surface area contributed by atoms with E-state index in [-0.39, 0.29) is 0 Å². The van der Waals surface area contributed by atoms with Crippen LogP contribution >= 0.6 is 0 Å². The van der Waals surface area contributed by atoms with E-state index in [2.05, 4.69) is 54.7 Å². The zero-order valence-electron chi connectivity index (χ0n) is 12.1. The molecule has 0 spiro atoms. The monoisotopic (exact) mass is 267 g/mol. The van der Waals surface area contributed by atoms with Crippen molar-refractivity contribution >= 4 is 0 Å². The first-order valence-corrected chi connectivity index (χ1v) is 7.24. The van der Waals surface area contributed by atoms with E-state index < -0.39 is 0 Å². The van der Waals surface area contributed by atoms with Crippen molar-refractivity contribution in [3.63, 3.8) is 0 Å². The lowest BCUT2D eigenvalue weighted by Crippen LogP contribution is -2.14. The molecule has 1 fully saturated rings. The topological polar surface area (TPSA) is 21.3 Å². The Bertz CT molecular complexity index is 579. The Labute approximate surface area is 120 Å². The maximum Gasteiger partial charge on any atom is 0.123 e. The molecule has 104 valence electrons. The van der Waals surface area contributed by atoms with Gasteiger partial charge in [0.2, 0.25) is 0 Å². The first-order valence-electron chi connectivity index (χ1n) is 7.24. The van der Waals surface area contributed by atoms with Crippen LogP contribution in [0.1, 0.15) is 24.9 Å². The van der Waals surface area contributed by atoms with Gasteiger partial charge >= 0.3 is 0 Å². The van der Waals surface area contributed by atoms with Crippen LogP contribution in [0.15, 0.2) is 48.5 Å². The number of methoxy groups -OCH3 is 1. The van der Waals surface area contributed by atoms with Crippen LogP contribution in [-0.2, 0) is 0 Å². The van der Waals surface area contributed by atoms with Crippen LogP contribution in [0, 0.1) is 5.92 Å². The fourth-order valence-corrected chi connectivity index (χ4v) is 2.97. The molecule has 2 nitrogen and oxygen atoms in total. The van der Waals surface area contributed by atoms with Crippen molar-refractivity contribution < 1.29 is 4.74 Å². The zero-order valence-corrected chi connectivity index (χ0v) is 12.1. The van der Waals surface area contributed by atoms with Gasteiger partial charge in [-0.2, -0.15) is 0 Å². The minimum Gasteiger partial charge on any atom is -0.496 e. The summed E-state index contributed by atoms with van der Waals surface area (Å²) < 4.78 is 5.54. The number of hydrogen-bond acceptors (Lipinski definition) is 2. The molecule has 1 N–H and O–H groups in total. The second-order valence-corrected chi connectivity index (χ2v) is 5.62. The van der Waals surface area contributed by atoms with E-state index in [1.807, 2.05) is 6.07 Å². The highest BCUT2D eigenvalue weighted by Crippen LogP contribution is 2.35. The molecular formula is C18H21NO. The highest BCUT2D eigenvalue weighted by molar-refractivity contribution is 5.66. The second-order valence-electron chi connectivity index (χ2n) is 5.62. The largest absolute Gasteiger partial charge is 0.496 e. The van der Waals surface area contributed by atoms with Crippen LogP contribution in [0.2, 0.25) is 0 Å². The standard InChI is InChI=1S/C18H21NO/c1-13-10-17(19-12-13)16-11-15(8-9-18(16)20-2)14-6-4-3-5-7-14/h3-9,11,13,17,19H,10,12H2,1-2H3. The van der Waals surface area contributed by atoms with Crippen molar-refractivity contribution in [3.05, 3.63) is 54.1 Å². The fraction of sp³-hybridized carbons (Fsp3) is 0.333. The number of rotatable bonds is 3. The minimum atomic E-state index is 0.406. The summed E-state index contributed by atoms with van der Waals surface area (Å²) in [4.78, 5) is 0. The summed E-state index contributed by atoms with van der Waals surface area (Å²) in [7, 11) is 1.75. The molecule has 0 amide bonds. The van der Waals surface area contributed by atoms with Crippen LogP contribution < -0.4 is 10.1 Å². The lowest BCUT2D eigenvalue weighted by atomic mass is 9.96. The van der Waals surface area contributed by atoms with E-state index in [0.717, 1.165) is 18.2 Å². The lowest BCUT2D eigenvalue weighted by molar-refractivity contribution is 0.403. The summed E-state index contributed by atoms with van der Waals surface area (Å²) in [5.41, 5.74) is 3.78. The van der Waals surface area contributed by atoms with Crippen LogP contribution in [0.5, 0.6) is 5.75 Å². The molecular weight excluding hydrogens is 246 g/mol. The van der Waals surface area contributed by atoms with Gasteiger partial charge in [-0.3, -0.25) is 0 Å².